The molecule has 1 N–H and O–H groups in total. The molecule has 0 saturated heterocycles. The normalized spacial score (nSPS) is 10.8. The number of fused-ring (bicyclic) bond motifs is 1. The van der Waals surface area contributed by atoms with Gasteiger partial charge in [-0.1, -0.05) is 4.85 Å². The molecule has 1 aromatic carbocycles. The van der Waals surface area contributed by atoms with Gasteiger partial charge in [0, 0.05) is 42.3 Å². The van der Waals surface area contributed by atoms with E-state index in [1.807, 2.05) is 63.1 Å². The summed E-state index contributed by atoms with van der Waals surface area (Å²) in [5.74, 6) is 0. The smallest absolute Gasteiger partial charge is 0.142 e. The molecule has 0 aliphatic heterocycles. The maximum atomic E-state index is 9.75. The third kappa shape index (κ3) is 2.00. The topological polar surface area (TPSA) is 60.7 Å². The van der Waals surface area contributed by atoms with Crippen LogP contribution in [-0.2, 0) is 0 Å². The van der Waals surface area contributed by atoms with Crippen molar-refractivity contribution in [1.29, 1.82) is 0 Å². The van der Waals surface area contributed by atoms with Crippen molar-refractivity contribution in [2.75, 3.05) is 57.0 Å². The maximum Gasteiger partial charge on any atom is 0.142 e. The van der Waals surface area contributed by atoms with E-state index in [0.29, 0.717) is 11.0 Å². The van der Waals surface area contributed by atoms with Crippen LogP contribution in [0, 0.1) is 0 Å². The zero-order valence-corrected chi connectivity index (χ0v) is 12.2. The first-order valence-corrected chi connectivity index (χ1v) is 5.98. The Bertz CT molecular complexity index is 602. The van der Waals surface area contributed by atoms with Crippen LogP contribution in [0.25, 0.3) is 11.0 Å². The summed E-state index contributed by atoms with van der Waals surface area (Å²) in [6.07, 6.45) is 0. The minimum atomic E-state index is 0.595. The summed E-state index contributed by atoms with van der Waals surface area (Å²) in [4.78, 5) is 6.85. The summed E-state index contributed by atoms with van der Waals surface area (Å²) in [6, 6.07) is 1.89. The van der Waals surface area contributed by atoms with Gasteiger partial charge < -0.3 is 19.9 Å². The number of aromatic nitrogens is 3. The lowest BCUT2D eigenvalue weighted by molar-refractivity contribution is 0.155. The number of rotatable bonds is 3. The van der Waals surface area contributed by atoms with Gasteiger partial charge in [0.05, 0.1) is 17.1 Å². The highest BCUT2D eigenvalue weighted by molar-refractivity contribution is 6.02. The minimum absolute atomic E-state index is 0.595. The molecule has 1 aromatic heterocycles. The van der Waals surface area contributed by atoms with Crippen molar-refractivity contribution in [3.63, 3.8) is 0 Å². The molecule has 0 amide bonds. The highest BCUT2D eigenvalue weighted by Gasteiger charge is 2.21. The molecule has 0 aliphatic rings. The molecule has 0 unspecified atom stereocenters. The summed E-state index contributed by atoms with van der Waals surface area (Å²) in [7, 11) is 11.8. The van der Waals surface area contributed by atoms with E-state index in [1.165, 1.54) is 0 Å². The summed E-state index contributed by atoms with van der Waals surface area (Å²) in [5, 5.41) is 17.5. The Labute approximate surface area is 112 Å². The van der Waals surface area contributed by atoms with E-state index in [2.05, 4.69) is 10.3 Å². The van der Waals surface area contributed by atoms with Crippen LogP contribution < -0.4 is 14.7 Å². The van der Waals surface area contributed by atoms with Gasteiger partial charge in [0.15, 0.2) is 0 Å². The molecule has 1 heterocycles. The fraction of sp³-hybridized carbons (Fsp3) is 0.500. The maximum absolute atomic E-state index is 9.75. The third-order valence-corrected chi connectivity index (χ3v) is 3.03. The fourth-order valence-electron chi connectivity index (χ4n) is 2.21. The van der Waals surface area contributed by atoms with Crippen molar-refractivity contribution in [2.45, 2.75) is 0 Å². The van der Waals surface area contributed by atoms with E-state index in [4.69, 9.17) is 0 Å². The van der Waals surface area contributed by atoms with Gasteiger partial charge in [-0.25, -0.2) is 0 Å². The molecular formula is C12H20N6O. The Balaban J connectivity index is 2.92. The van der Waals surface area contributed by atoms with Crippen LogP contribution in [0.1, 0.15) is 0 Å². The predicted molar refractivity (Wildman–Crippen MR) is 77.7 cm³/mol. The monoisotopic (exact) mass is 264 g/mol. The van der Waals surface area contributed by atoms with Crippen LogP contribution >= 0.6 is 0 Å². The van der Waals surface area contributed by atoms with E-state index in [1.54, 1.807) is 0 Å². The molecule has 0 fully saturated rings. The van der Waals surface area contributed by atoms with Crippen molar-refractivity contribution in [1.82, 2.24) is 15.2 Å². The van der Waals surface area contributed by atoms with Gasteiger partial charge in [0.25, 0.3) is 0 Å². The van der Waals surface area contributed by atoms with Gasteiger partial charge in [-0.05, 0) is 11.3 Å². The average Bonchev–Trinajstić information content (AvgIpc) is 2.68. The van der Waals surface area contributed by atoms with Gasteiger partial charge in [-0.2, -0.15) is 0 Å². The van der Waals surface area contributed by atoms with Gasteiger partial charge >= 0.3 is 0 Å². The van der Waals surface area contributed by atoms with Crippen LogP contribution in [0.5, 0.6) is 0 Å². The molecule has 0 bridgehead atoms. The SMILES string of the molecule is CN(C)c1cc2c(nnn2O)c(N(C)C)c1N(C)C. The van der Waals surface area contributed by atoms with Crippen LogP contribution in [-0.4, -0.2) is 62.7 Å². The van der Waals surface area contributed by atoms with Gasteiger partial charge in [0.1, 0.15) is 11.0 Å². The Morgan fingerprint density at radius 3 is 2.00 bits per heavy atom. The number of benzene rings is 1. The first-order valence-electron chi connectivity index (χ1n) is 5.98. The number of nitrogens with zero attached hydrogens (tertiary/aromatic N) is 6. The Morgan fingerprint density at radius 1 is 0.947 bits per heavy atom. The molecule has 7 nitrogen and oxygen atoms in total. The molecule has 0 atom stereocenters. The van der Waals surface area contributed by atoms with Crippen molar-refractivity contribution < 1.29 is 5.21 Å². The Hall–Kier alpha value is -2.18. The lowest BCUT2D eigenvalue weighted by Gasteiger charge is -2.28. The van der Waals surface area contributed by atoms with Crippen molar-refractivity contribution in [2.24, 2.45) is 0 Å². The number of hydrogen-bond donors (Lipinski definition) is 1. The molecule has 0 radical (unpaired) electrons. The lowest BCUT2D eigenvalue weighted by Crippen LogP contribution is -2.21. The molecule has 7 heteroatoms. The highest BCUT2D eigenvalue weighted by atomic mass is 16.5. The minimum Gasteiger partial charge on any atom is -0.410 e. The van der Waals surface area contributed by atoms with E-state index < -0.39 is 0 Å². The van der Waals surface area contributed by atoms with Crippen LogP contribution in [0.3, 0.4) is 0 Å². The fourth-order valence-corrected chi connectivity index (χ4v) is 2.21. The second-order valence-electron chi connectivity index (χ2n) is 5.12. The molecule has 0 aliphatic carbocycles. The Morgan fingerprint density at radius 2 is 1.53 bits per heavy atom. The van der Waals surface area contributed by atoms with Crippen LogP contribution in [0.4, 0.5) is 17.1 Å². The molecular weight excluding hydrogens is 244 g/mol. The third-order valence-electron chi connectivity index (χ3n) is 3.03. The predicted octanol–water partition coefficient (Wildman–Crippen LogP) is 0.867. The first kappa shape index (κ1) is 13.3. The zero-order chi connectivity index (χ0) is 14.3. The van der Waals surface area contributed by atoms with Gasteiger partial charge in [-0.15, -0.1) is 5.10 Å². The van der Waals surface area contributed by atoms with Gasteiger partial charge in [0.2, 0.25) is 0 Å². The number of hydrogen-bond acceptors (Lipinski definition) is 6. The van der Waals surface area contributed by atoms with Gasteiger partial charge in [-0.3, -0.25) is 0 Å². The summed E-state index contributed by atoms with van der Waals surface area (Å²) in [5.41, 5.74) is 4.26. The van der Waals surface area contributed by atoms with E-state index in [9.17, 15) is 5.21 Å². The molecule has 104 valence electrons. The summed E-state index contributed by atoms with van der Waals surface area (Å²) < 4.78 is 0. The van der Waals surface area contributed by atoms with Crippen molar-refractivity contribution in [3.05, 3.63) is 6.07 Å². The molecule has 19 heavy (non-hydrogen) atoms. The Kier molecular flexibility index (Phi) is 3.13. The van der Waals surface area contributed by atoms with E-state index >= 15 is 0 Å². The second-order valence-corrected chi connectivity index (χ2v) is 5.12. The largest absolute Gasteiger partial charge is 0.410 e. The van der Waals surface area contributed by atoms with E-state index in [0.717, 1.165) is 21.9 Å². The molecule has 2 aromatic rings. The summed E-state index contributed by atoms with van der Waals surface area (Å²) in [6.45, 7) is 0. The molecule has 2 rings (SSSR count). The summed E-state index contributed by atoms with van der Waals surface area (Å²) >= 11 is 0. The standard InChI is InChI=1S/C12H20N6O/c1-15(2)9-7-8-10(13-14-18(8)19)12(17(5)6)11(9)16(3)4/h7,19H,1-6H3. The first-order chi connectivity index (χ1) is 8.84. The second kappa shape index (κ2) is 4.49. The zero-order valence-electron chi connectivity index (χ0n) is 12.2. The van der Waals surface area contributed by atoms with E-state index in [-0.39, 0.29) is 0 Å². The number of anilines is 3. The van der Waals surface area contributed by atoms with Crippen LogP contribution in [0.15, 0.2) is 6.07 Å². The quantitative estimate of drug-likeness (QED) is 0.830. The molecule has 0 spiro atoms. The molecule has 0 saturated carbocycles. The van der Waals surface area contributed by atoms with Crippen molar-refractivity contribution >= 4 is 28.1 Å². The van der Waals surface area contributed by atoms with Crippen LogP contribution in [0.2, 0.25) is 0 Å². The van der Waals surface area contributed by atoms with Crippen molar-refractivity contribution in [3.8, 4) is 0 Å². The lowest BCUT2D eigenvalue weighted by atomic mass is 10.1. The average molecular weight is 264 g/mol. The highest BCUT2D eigenvalue weighted by Crippen LogP contribution is 2.41.